The highest BCUT2D eigenvalue weighted by atomic mass is 16.3. The summed E-state index contributed by atoms with van der Waals surface area (Å²) in [5, 5.41) is 4.41. The third-order valence-electron chi connectivity index (χ3n) is 4.58. The molecule has 0 bridgehead atoms. The SMILES string of the molecule is CCCC1(C(=O)c2cc3cc(C)ccc3o2)CCCNC1. The molecule has 3 heteroatoms. The molecule has 3 rings (SSSR count). The Hall–Kier alpha value is -1.61. The van der Waals surface area contributed by atoms with Gasteiger partial charge in [0.25, 0.3) is 0 Å². The number of hydrogen-bond acceptors (Lipinski definition) is 3. The maximum absolute atomic E-state index is 13.0. The summed E-state index contributed by atoms with van der Waals surface area (Å²) < 4.78 is 5.83. The number of nitrogens with one attached hydrogen (secondary N) is 1. The van der Waals surface area contributed by atoms with Crippen molar-refractivity contribution < 1.29 is 9.21 Å². The van der Waals surface area contributed by atoms with Gasteiger partial charge in [-0.05, 0) is 50.9 Å². The molecule has 21 heavy (non-hydrogen) atoms. The summed E-state index contributed by atoms with van der Waals surface area (Å²) in [7, 11) is 0. The highest BCUT2D eigenvalue weighted by Crippen LogP contribution is 2.36. The molecule has 1 aromatic heterocycles. The van der Waals surface area contributed by atoms with Crippen LogP contribution in [0.3, 0.4) is 0 Å². The molecule has 0 spiro atoms. The van der Waals surface area contributed by atoms with Gasteiger partial charge in [0.2, 0.25) is 5.78 Å². The topological polar surface area (TPSA) is 42.2 Å². The molecule has 0 aliphatic carbocycles. The van der Waals surface area contributed by atoms with E-state index in [1.165, 1.54) is 5.56 Å². The second kappa shape index (κ2) is 5.64. The zero-order valence-electron chi connectivity index (χ0n) is 12.9. The van der Waals surface area contributed by atoms with Crippen molar-refractivity contribution in [2.24, 2.45) is 5.41 Å². The minimum atomic E-state index is -0.282. The second-order valence-electron chi connectivity index (χ2n) is 6.29. The van der Waals surface area contributed by atoms with Gasteiger partial charge in [0.1, 0.15) is 5.58 Å². The van der Waals surface area contributed by atoms with E-state index in [0.717, 1.165) is 49.7 Å². The van der Waals surface area contributed by atoms with Crippen LogP contribution in [0.15, 0.2) is 28.7 Å². The summed E-state index contributed by atoms with van der Waals surface area (Å²) in [5.41, 5.74) is 1.71. The van der Waals surface area contributed by atoms with Crippen molar-refractivity contribution in [3.63, 3.8) is 0 Å². The first kappa shape index (κ1) is 14.3. The third kappa shape index (κ3) is 2.62. The van der Waals surface area contributed by atoms with Gasteiger partial charge in [0.15, 0.2) is 5.76 Å². The van der Waals surface area contributed by atoms with Crippen molar-refractivity contribution in [3.8, 4) is 0 Å². The number of carbonyl (C=O) groups is 1. The Bertz CT molecular complexity index is 645. The average molecular weight is 285 g/mol. The van der Waals surface area contributed by atoms with E-state index in [1.807, 2.05) is 18.2 Å². The molecular weight excluding hydrogens is 262 g/mol. The van der Waals surface area contributed by atoms with E-state index in [9.17, 15) is 4.79 Å². The van der Waals surface area contributed by atoms with E-state index in [-0.39, 0.29) is 11.2 Å². The highest BCUT2D eigenvalue weighted by Gasteiger charge is 2.40. The van der Waals surface area contributed by atoms with E-state index in [1.54, 1.807) is 0 Å². The summed E-state index contributed by atoms with van der Waals surface area (Å²) in [5.74, 6) is 0.693. The van der Waals surface area contributed by atoms with Crippen LogP contribution in [0, 0.1) is 12.3 Å². The Morgan fingerprint density at radius 1 is 1.38 bits per heavy atom. The average Bonchev–Trinajstić information content (AvgIpc) is 2.90. The van der Waals surface area contributed by atoms with Crippen molar-refractivity contribution in [2.45, 2.75) is 39.5 Å². The number of furan rings is 1. The molecule has 0 saturated carbocycles. The lowest BCUT2D eigenvalue weighted by Gasteiger charge is -2.35. The fourth-order valence-corrected chi connectivity index (χ4v) is 3.50. The summed E-state index contributed by atoms with van der Waals surface area (Å²) >= 11 is 0. The van der Waals surface area contributed by atoms with Crippen LogP contribution in [0.5, 0.6) is 0 Å². The first-order valence-corrected chi connectivity index (χ1v) is 7.90. The van der Waals surface area contributed by atoms with E-state index in [4.69, 9.17) is 4.42 Å². The maximum atomic E-state index is 13.0. The normalized spacial score (nSPS) is 22.6. The number of piperidine rings is 1. The Balaban J connectivity index is 1.97. The molecule has 1 aliphatic rings. The summed E-state index contributed by atoms with van der Waals surface area (Å²) in [6, 6.07) is 7.95. The quantitative estimate of drug-likeness (QED) is 0.860. The minimum absolute atomic E-state index is 0.172. The zero-order valence-corrected chi connectivity index (χ0v) is 12.9. The Morgan fingerprint density at radius 3 is 2.95 bits per heavy atom. The van der Waals surface area contributed by atoms with Crippen molar-refractivity contribution in [3.05, 3.63) is 35.6 Å². The highest BCUT2D eigenvalue weighted by molar-refractivity contribution is 6.01. The lowest BCUT2D eigenvalue weighted by Crippen LogP contribution is -2.45. The van der Waals surface area contributed by atoms with E-state index in [0.29, 0.717) is 5.76 Å². The zero-order chi connectivity index (χ0) is 14.9. The van der Waals surface area contributed by atoms with Crippen LogP contribution in [-0.4, -0.2) is 18.9 Å². The van der Waals surface area contributed by atoms with Crippen molar-refractivity contribution in [1.29, 1.82) is 0 Å². The van der Waals surface area contributed by atoms with Gasteiger partial charge in [-0.25, -0.2) is 0 Å². The van der Waals surface area contributed by atoms with Gasteiger partial charge >= 0.3 is 0 Å². The smallest absolute Gasteiger partial charge is 0.205 e. The van der Waals surface area contributed by atoms with Crippen LogP contribution in [0.25, 0.3) is 11.0 Å². The summed E-state index contributed by atoms with van der Waals surface area (Å²) in [6.07, 6.45) is 3.97. The number of benzene rings is 1. The number of Topliss-reactive ketones (excluding diaryl/α,β-unsaturated/α-hetero) is 1. The summed E-state index contributed by atoms with van der Waals surface area (Å²) in [4.78, 5) is 13.0. The molecule has 1 aromatic carbocycles. The Morgan fingerprint density at radius 2 is 2.24 bits per heavy atom. The number of rotatable bonds is 4. The molecular formula is C18H23NO2. The van der Waals surface area contributed by atoms with Gasteiger partial charge in [-0.1, -0.05) is 25.0 Å². The van der Waals surface area contributed by atoms with Crippen LogP contribution in [0.2, 0.25) is 0 Å². The first-order chi connectivity index (χ1) is 10.1. The molecule has 0 amide bonds. The standard InChI is InChI=1S/C18H23NO2/c1-3-7-18(8-4-9-19-12-18)17(20)16-11-14-10-13(2)5-6-15(14)21-16/h5-6,10-11,19H,3-4,7-9,12H2,1-2H3. The molecule has 2 aromatic rings. The molecule has 1 saturated heterocycles. The number of carbonyl (C=O) groups excluding carboxylic acids is 1. The summed E-state index contributed by atoms with van der Waals surface area (Å²) in [6.45, 7) is 5.98. The number of hydrogen-bond donors (Lipinski definition) is 1. The van der Waals surface area contributed by atoms with E-state index >= 15 is 0 Å². The Kier molecular flexibility index (Phi) is 3.85. The van der Waals surface area contributed by atoms with Crippen LogP contribution >= 0.6 is 0 Å². The van der Waals surface area contributed by atoms with Crippen molar-refractivity contribution >= 4 is 16.8 Å². The lowest BCUT2D eigenvalue weighted by atomic mass is 9.73. The second-order valence-corrected chi connectivity index (χ2v) is 6.29. The van der Waals surface area contributed by atoms with Crippen LogP contribution in [0.1, 0.15) is 48.7 Å². The molecule has 0 radical (unpaired) electrons. The lowest BCUT2D eigenvalue weighted by molar-refractivity contribution is 0.0689. The Labute approximate surface area is 125 Å². The monoisotopic (exact) mass is 285 g/mol. The van der Waals surface area contributed by atoms with Gasteiger partial charge in [-0.3, -0.25) is 4.79 Å². The molecule has 1 atom stereocenters. The van der Waals surface area contributed by atoms with Gasteiger partial charge in [0.05, 0.1) is 0 Å². The van der Waals surface area contributed by atoms with E-state index in [2.05, 4.69) is 25.2 Å². The number of fused-ring (bicyclic) bond motifs is 1. The van der Waals surface area contributed by atoms with Gasteiger partial charge < -0.3 is 9.73 Å². The third-order valence-corrected chi connectivity index (χ3v) is 4.58. The van der Waals surface area contributed by atoms with Gasteiger partial charge in [-0.2, -0.15) is 0 Å². The predicted molar refractivity (Wildman–Crippen MR) is 84.7 cm³/mol. The van der Waals surface area contributed by atoms with Gasteiger partial charge in [0, 0.05) is 17.3 Å². The molecule has 112 valence electrons. The van der Waals surface area contributed by atoms with E-state index < -0.39 is 0 Å². The minimum Gasteiger partial charge on any atom is -0.453 e. The van der Waals surface area contributed by atoms with Crippen molar-refractivity contribution in [2.75, 3.05) is 13.1 Å². The van der Waals surface area contributed by atoms with Gasteiger partial charge in [-0.15, -0.1) is 0 Å². The molecule has 1 aliphatic heterocycles. The predicted octanol–water partition coefficient (Wildman–Crippen LogP) is 4.09. The fourth-order valence-electron chi connectivity index (χ4n) is 3.50. The fraction of sp³-hybridized carbons (Fsp3) is 0.500. The van der Waals surface area contributed by atoms with Crippen LogP contribution in [0.4, 0.5) is 0 Å². The largest absolute Gasteiger partial charge is 0.453 e. The molecule has 1 fully saturated rings. The first-order valence-electron chi connectivity index (χ1n) is 7.90. The molecule has 1 N–H and O–H groups in total. The maximum Gasteiger partial charge on any atom is 0.205 e. The van der Waals surface area contributed by atoms with Crippen molar-refractivity contribution in [1.82, 2.24) is 5.32 Å². The van der Waals surface area contributed by atoms with Crippen LogP contribution in [-0.2, 0) is 0 Å². The van der Waals surface area contributed by atoms with Crippen LogP contribution < -0.4 is 5.32 Å². The molecule has 2 heterocycles. The number of aryl methyl sites for hydroxylation is 1. The molecule has 3 nitrogen and oxygen atoms in total. The number of ketones is 1. The molecule has 1 unspecified atom stereocenters.